The molecule has 94 valence electrons. The van der Waals surface area contributed by atoms with Gasteiger partial charge >= 0.3 is 0 Å². The summed E-state index contributed by atoms with van der Waals surface area (Å²) in [7, 11) is 0. The van der Waals surface area contributed by atoms with E-state index >= 15 is 0 Å². The van der Waals surface area contributed by atoms with E-state index in [0.29, 0.717) is 16.5 Å². The second kappa shape index (κ2) is 5.54. The van der Waals surface area contributed by atoms with E-state index in [4.69, 9.17) is 0 Å². The van der Waals surface area contributed by atoms with Crippen LogP contribution in [0.4, 0.5) is 0 Å². The Morgan fingerprint density at radius 3 is 2.71 bits per heavy atom. The first-order valence-corrected chi connectivity index (χ1v) is 6.72. The van der Waals surface area contributed by atoms with E-state index in [1.807, 2.05) is 13.8 Å². The molecule has 0 radical (unpaired) electrons. The maximum Gasteiger partial charge on any atom is 0.252 e. The van der Waals surface area contributed by atoms with Crippen molar-refractivity contribution in [1.82, 2.24) is 5.32 Å². The van der Waals surface area contributed by atoms with Gasteiger partial charge in [-0.1, -0.05) is 28.9 Å². The Morgan fingerprint density at radius 1 is 1.53 bits per heavy atom. The number of benzene rings is 1. The van der Waals surface area contributed by atoms with Gasteiger partial charge in [-0.15, -0.1) is 0 Å². The smallest absolute Gasteiger partial charge is 0.252 e. The molecule has 0 aliphatic heterocycles. The van der Waals surface area contributed by atoms with Crippen LogP contribution in [0.5, 0.6) is 5.75 Å². The van der Waals surface area contributed by atoms with Gasteiger partial charge in [0.25, 0.3) is 5.91 Å². The minimum absolute atomic E-state index is 0.148. The molecule has 1 amide bonds. The van der Waals surface area contributed by atoms with Crippen molar-refractivity contribution >= 4 is 21.8 Å². The lowest BCUT2D eigenvalue weighted by molar-refractivity contribution is 0.0912. The highest BCUT2D eigenvalue weighted by molar-refractivity contribution is 9.09. The van der Waals surface area contributed by atoms with Gasteiger partial charge in [0.1, 0.15) is 5.75 Å². The second-order valence-corrected chi connectivity index (χ2v) is 5.01. The fourth-order valence-corrected chi connectivity index (χ4v) is 1.96. The third kappa shape index (κ3) is 3.22. The van der Waals surface area contributed by atoms with E-state index in [9.17, 15) is 9.90 Å². The second-order valence-electron chi connectivity index (χ2n) is 4.45. The normalized spacial score (nSPS) is 14.1. The SMILES string of the molecule is CCC(C)(CBr)NC(=O)c1cccc(O)c1C. The molecule has 0 saturated heterocycles. The van der Waals surface area contributed by atoms with Gasteiger partial charge in [0.15, 0.2) is 0 Å². The minimum atomic E-state index is -0.269. The van der Waals surface area contributed by atoms with Crippen LogP contribution in [-0.4, -0.2) is 21.9 Å². The molecule has 4 heteroatoms. The van der Waals surface area contributed by atoms with Gasteiger partial charge in [0.2, 0.25) is 0 Å². The summed E-state index contributed by atoms with van der Waals surface area (Å²) in [6.45, 7) is 5.75. The Bertz CT molecular complexity index is 414. The van der Waals surface area contributed by atoms with Crippen LogP contribution in [0.25, 0.3) is 0 Å². The van der Waals surface area contributed by atoms with Crippen molar-refractivity contribution in [2.24, 2.45) is 0 Å². The summed E-state index contributed by atoms with van der Waals surface area (Å²) >= 11 is 3.40. The predicted molar refractivity (Wildman–Crippen MR) is 72.8 cm³/mol. The molecule has 0 spiro atoms. The molecule has 2 N–H and O–H groups in total. The zero-order valence-corrected chi connectivity index (χ0v) is 12.0. The van der Waals surface area contributed by atoms with E-state index < -0.39 is 0 Å². The Balaban J connectivity index is 2.94. The molecule has 3 nitrogen and oxygen atoms in total. The predicted octanol–water partition coefficient (Wildman–Crippen LogP) is 2.99. The van der Waals surface area contributed by atoms with Crippen molar-refractivity contribution in [2.75, 3.05) is 5.33 Å². The zero-order chi connectivity index (χ0) is 13.1. The van der Waals surface area contributed by atoms with Crippen molar-refractivity contribution in [2.45, 2.75) is 32.7 Å². The standard InChI is InChI=1S/C13H18BrNO2/c1-4-13(3,8-14)15-12(17)10-6-5-7-11(16)9(10)2/h5-7,16H,4,8H2,1-3H3,(H,15,17). The number of phenolic OH excluding ortho intramolecular Hbond substituents is 1. The first-order valence-electron chi connectivity index (χ1n) is 5.60. The number of rotatable bonds is 4. The van der Waals surface area contributed by atoms with Crippen molar-refractivity contribution in [3.63, 3.8) is 0 Å². The van der Waals surface area contributed by atoms with Crippen LogP contribution in [-0.2, 0) is 0 Å². The molecule has 17 heavy (non-hydrogen) atoms. The lowest BCUT2D eigenvalue weighted by atomic mass is 10.00. The fraction of sp³-hybridized carbons (Fsp3) is 0.462. The van der Waals surface area contributed by atoms with Crippen LogP contribution >= 0.6 is 15.9 Å². The molecule has 1 aromatic carbocycles. The topological polar surface area (TPSA) is 49.3 Å². The highest BCUT2D eigenvalue weighted by Gasteiger charge is 2.24. The van der Waals surface area contributed by atoms with Crippen LogP contribution in [0.2, 0.25) is 0 Å². The van der Waals surface area contributed by atoms with E-state index in [-0.39, 0.29) is 17.2 Å². The van der Waals surface area contributed by atoms with Crippen molar-refractivity contribution in [3.05, 3.63) is 29.3 Å². The van der Waals surface area contributed by atoms with E-state index in [1.165, 1.54) is 0 Å². The van der Waals surface area contributed by atoms with Gasteiger partial charge in [0.05, 0.1) is 0 Å². The van der Waals surface area contributed by atoms with Crippen LogP contribution in [0, 0.1) is 6.92 Å². The summed E-state index contributed by atoms with van der Waals surface area (Å²) in [4.78, 5) is 12.1. The Labute approximate surface area is 110 Å². The Kier molecular flexibility index (Phi) is 4.57. The number of carbonyl (C=O) groups is 1. The van der Waals surface area contributed by atoms with E-state index in [1.54, 1.807) is 25.1 Å². The van der Waals surface area contributed by atoms with Gasteiger partial charge in [-0.3, -0.25) is 4.79 Å². The van der Waals surface area contributed by atoms with Crippen LogP contribution in [0.1, 0.15) is 36.2 Å². The number of hydrogen-bond donors (Lipinski definition) is 2. The zero-order valence-electron chi connectivity index (χ0n) is 10.4. The largest absolute Gasteiger partial charge is 0.508 e. The van der Waals surface area contributed by atoms with Gasteiger partial charge in [-0.25, -0.2) is 0 Å². The average Bonchev–Trinajstić information content (AvgIpc) is 2.32. The average molecular weight is 300 g/mol. The number of hydrogen-bond acceptors (Lipinski definition) is 2. The summed E-state index contributed by atoms with van der Waals surface area (Å²) in [5.41, 5.74) is 0.860. The molecule has 0 aromatic heterocycles. The summed E-state index contributed by atoms with van der Waals surface area (Å²) in [6, 6.07) is 4.97. The molecule has 0 saturated carbocycles. The quantitative estimate of drug-likeness (QED) is 0.840. The van der Waals surface area contributed by atoms with Gasteiger partial charge in [0, 0.05) is 22.0 Å². The van der Waals surface area contributed by atoms with Gasteiger partial charge in [-0.05, 0) is 32.4 Å². The van der Waals surface area contributed by atoms with Gasteiger partial charge in [-0.2, -0.15) is 0 Å². The molecule has 0 heterocycles. The maximum atomic E-state index is 12.1. The molecule has 1 atom stereocenters. The molecule has 0 bridgehead atoms. The first-order chi connectivity index (χ1) is 7.93. The fourth-order valence-electron chi connectivity index (χ4n) is 1.43. The number of phenols is 1. The van der Waals surface area contributed by atoms with E-state index in [2.05, 4.69) is 21.2 Å². The third-order valence-corrected chi connectivity index (χ3v) is 4.28. The molecule has 1 rings (SSSR count). The molecule has 0 fully saturated rings. The molecular weight excluding hydrogens is 282 g/mol. The molecule has 0 aliphatic rings. The number of halogens is 1. The van der Waals surface area contributed by atoms with Crippen molar-refractivity contribution in [1.29, 1.82) is 0 Å². The Hall–Kier alpha value is -1.03. The summed E-state index contributed by atoms with van der Waals surface area (Å²) in [6.07, 6.45) is 0.835. The lowest BCUT2D eigenvalue weighted by Gasteiger charge is -2.27. The third-order valence-electron chi connectivity index (χ3n) is 3.04. The lowest BCUT2D eigenvalue weighted by Crippen LogP contribution is -2.47. The number of alkyl halides is 1. The highest BCUT2D eigenvalue weighted by atomic mass is 79.9. The molecule has 1 aromatic rings. The number of aromatic hydroxyl groups is 1. The van der Waals surface area contributed by atoms with E-state index in [0.717, 1.165) is 6.42 Å². The van der Waals surface area contributed by atoms with Crippen LogP contribution in [0.15, 0.2) is 18.2 Å². The summed E-state index contributed by atoms with van der Waals surface area (Å²) < 4.78 is 0. The maximum absolute atomic E-state index is 12.1. The molecule has 1 unspecified atom stereocenters. The molecular formula is C13H18BrNO2. The number of nitrogens with one attached hydrogen (secondary N) is 1. The van der Waals surface area contributed by atoms with Crippen LogP contribution < -0.4 is 5.32 Å². The monoisotopic (exact) mass is 299 g/mol. The Morgan fingerprint density at radius 2 is 2.18 bits per heavy atom. The highest BCUT2D eigenvalue weighted by Crippen LogP contribution is 2.21. The van der Waals surface area contributed by atoms with Gasteiger partial charge < -0.3 is 10.4 Å². The summed E-state index contributed by atoms with van der Waals surface area (Å²) in [5.74, 6) is -0.00288. The first kappa shape index (κ1) is 14.0. The molecule has 0 aliphatic carbocycles. The van der Waals surface area contributed by atoms with Crippen molar-refractivity contribution in [3.8, 4) is 5.75 Å². The minimum Gasteiger partial charge on any atom is -0.508 e. The van der Waals surface area contributed by atoms with Crippen LogP contribution in [0.3, 0.4) is 0 Å². The van der Waals surface area contributed by atoms with Crippen molar-refractivity contribution < 1.29 is 9.90 Å². The number of carbonyl (C=O) groups excluding carboxylic acids is 1. The number of amides is 1. The summed E-state index contributed by atoms with van der Waals surface area (Å²) in [5, 5.41) is 13.2.